The minimum Gasteiger partial charge on any atom is -0.441 e. The lowest BCUT2D eigenvalue weighted by atomic mass is 9.95. The molecule has 1 aromatic carbocycles. The highest BCUT2D eigenvalue weighted by Crippen LogP contribution is 2.32. The molecule has 2 saturated heterocycles. The predicted octanol–water partition coefficient (Wildman–Crippen LogP) is 1.88. The highest BCUT2D eigenvalue weighted by molar-refractivity contribution is 5.78. The maximum absolute atomic E-state index is 12.8. The number of benzene rings is 1. The zero-order valence-corrected chi connectivity index (χ0v) is 15.4. The van der Waals surface area contributed by atoms with Gasteiger partial charge in [-0.25, -0.2) is 4.79 Å². The summed E-state index contributed by atoms with van der Waals surface area (Å²) in [4.78, 5) is 30.4. The van der Waals surface area contributed by atoms with Gasteiger partial charge in [0.25, 0.3) is 0 Å². The van der Waals surface area contributed by atoms with Crippen molar-refractivity contribution in [1.29, 1.82) is 0 Å². The van der Waals surface area contributed by atoms with E-state index in [1.165, 1.54) is 11.1 Å². The van der Waals surface area contributed by atoms with Crippen LogP contribution in [0.4, 0.5) is 4.79 Å². The molecule has 0 aliphatic carbocycles. The Morgan fingerprint density at radius 3 is 2.73 bits per heavy atom. The standard InChI is InChI=1S/C20H27N3O3/c1-21-15-20(26-19(21)25)8-4-10-23(12-9-20)18(24)14-22-11-7-16-5-2-3-6-17(16)13-22/h2-3,5-6H,4,7-15H2,1H3/t20-/m0/s1. The van der Waals surface area contributed by atoms with Crippen LogP contribution in [0.2, 0.25) is 0 Å². The molecular weight excluding hydrogens is 330 g/mol. The van der Waals surface area contributed by atoms with Gasteiger partial charge in [0.1, 0.15) is 5.60 Å². The molecule has 140 valence electrons. The number of amides is 2. The van der Waals surface area contributed by atoms with Crippen LogP contribution in [-0.4, -0.2) is 72.1 Å². The Morgan fingerprint density at radius 2 is 1.96 bits per heavy atom. The highest BCUT2D eigenvalue weighted by atomic mass is 16.6. The predicted molar refractivity (Wildman–Crippen MR) is 97.7 cm³/mol. The first-order chi connectivity index (χ1) is 12.5. The Morgan fingerprint density at radius 1 is 1.15 bits per heavy atom. The van der Waals surface area contributed by atoms with Gasteiger partial charge in [-0.15, -0.1) is 0 Å². The molecule has 0 unspecified atom stereocenters. The topological polar surface area (TPSA) is 53.1 Å². The van der Waals surface area contributed by atoms with Crippen molar-refractivity contribution in [3.05, 3.63) is 35.4 Å². The molecule has 1 spiro atoms. The fourth-order valence-corrected chi connectivity index (χ4v) is 4.45. The van der Waals surface area contributed by atoms with Gasteiger partial charge < -0.3 is 14.5 Å². The Kier molecular flexibility index (Phi) is 4.61. The van der Waals surface area contributed by atoms with Gasteiger partial charge >= 0.3 is 6.09 Å². The van der Waals surface area contributed by atoms with Crippen LogP contribution < -0.4 is 0 Å². The number of ether oxygens (including phenoxy) is 1. The molecule has 6 nitrogen and oxygen atoms in total. The van der Waals surface area contributed by atoms with Crippen LogP contribution in [0.3, 0.4) is 0 Å². The normalized spacial score (nSPS) is 26.6. The average Bonchev–Trinajstić information content (AvgIpc) is 2.79. The largest absolute Gasteiger partial charge is 0.441 e. The molecule has 3 aliphatic heterocycles. The number of carbonyl (C=O) groups excluding carboxylic acids is 2. The number of likely N-dealkylation sites (N-methyl/N-ethyl adjacent to an activating group) is 1. The number of carbonyl (C=O) groups is 2. The Bertz CT molecular complexity index is 707. The number of fused-ring (bicyclic) bond motifs is 1. The minimum atomic E-state index is -0.398. The molecule has 4 rings (SSSR count). The zero-order valence-electron chi connectivity index (χ0n) is 15.4. The van der Waals surface area contributed by atoms with Gasteiger partial charge in [0.05, 0.1) is 13.1 Å². The van der Waals surface area contributed by atoms with Crippen LogP contribution in [0.25, 0.3) is 0 Å². The number of hydrogen-bond acceptors (Lipinski definition) is 4. The SMILES string of the molecule is CN1C[C@@]2(CCCN(C(=O)CN3CCc4ccccc4C3)CC2)OC1=O. The van der Waals surface area contributed by atoms with Gasteiger partial charge in [-0.2, -0.15) is 0 Å². The van der Waals surface area contributed by atoms with Crippen LogP contribution in [-0.2, 0) is 22.5 Å². The molecule has 26 heavy (non-hydrogen) atoms. The summed E-state index contributed by atoms with van der Waals surface area (Å²) in [5, 5.41) is 0. The first kappa shape index (κ1) is 17.3. The van der Waals surface area contributed by atoms with Crippen molar-refractivity contribution in [2.75, 3.05) is 39.8 Å². The molecule has 1 atom stereocenters. The third kappa shape index (κ3) is 3.43. The van der Waals surface area contributed by atoms with E-state index >= 15 is 0 Å². The third-order valence-corrected chi connectivity index (χ3v) is 5.96. The number of rotatable bonds is 2. The lowest BCUT2D eigenvalue weighted by Gasteiger charge is -2.30. The van der Waals surface area contributed by atoms with E-state index in [0.717, 1.165) is 45.3 Å². The van der Waals surface area contributed by atoms with E-state index in [0.29, 0.717) is 19.6 Å². The summed E-state index contributed by atoms with van der Waals surface area (Å²) in [6.07, 6.45) is 3.23. The van der Waals surface area contributed by atoms with Crippen molar-refractivity contribution in [3.8, 4) is 0 Å². The third-order valence-electron chi connectivity index (χ3n) is 5.96. The Balaban J connectivity index is 1.34. The molecule has 3 aliphatic rings. The number of nitrogens with zero attached hydrogens (tertiary/aromatic N) is 3. The quantitative estimate of drug-likeness (QED) is 0.811. The van der Waals surface area contributed by atoms with Crippen LogP contribution in [0.15, 0.2) is 24.3 Å². The van der Waals surface area contributed by atoms with Crippen molar-refractivity contribution in [2.24, 2.45) is 0 Å². The summed E-state index contributed by atoms with van der Waals surface area (Å²) in [5.41, 5.74) is 2.34. The average molecular weight is 357 g/mol. The number of hydrogen-bond donors (Lipinski definition) is 0. The first-order valence-electron chi connectivity index (χ1n) is 9.56. The second-order valence-electron chi connectivity index (χ2n) is 7.87. The fourth-order valence-electron chi connectivity index (χ4n) is 4.45. The van der Waals surface area contributed by atoms with Crippen molar-refractivity contribution in [3.63, 3.8) is 0 Å². The molecule has 2 amide bonds. The van der Waals surface area contributed by atoms with E-state index in [-0.39, 0.29) is 12.0 Å². The van der Waals surface area contributed by atoms with Crippen molar-refractivity contribution >= 4 is 12.0 Å². The van der Waals surface area contributed by atoms with Gasteiger partial charge in [-0.1, -0.05) is 24.3 Å². The van der Waals surface area contributed by atoms with Gasteiger partial charge in [0.15, 0.2) is 0 Å². The summed E-state index contributed by atoms with van der Waals surface area (Å²) in [5.74, 6) is 0.194. The van der Waals surface area contributed by atoms with Crippen LogP contribution in [0.5, 0.6) is 0 Å². The second-order valence-corrected chi connectivity index (χ2v) is 7.87. The van der Waals surface area contributed by atoms with Gasteiger partial charge in [-0.05, 0) is 30.4 Å². The molecule has 0 radical (unpaired) electrons. The van der Waals surface area contributed by atoms with E-state index in [1.54, 1.807) is 11.9 Å². The van der Waals surface area contributed by atoms with Crippen LogP contribution in [0.1, 0.15) is 30.4 Å². The van der Waals surface area contributed by atoms with E-state index in [9.17, 15) is 9.59 Å². The first-order valence-corrected chi connectivity index (χ1v) is 9.56. The molecule has 0 N–H and O–H groups in total. The van der Waals surface area contributed by atoms with Crippen molar-refractivity contribution in [2.45, 2.75) is 37.8 Å². The lowest BCUT2D eigenvalue weighted by Crippen LogP contribution is -2.43. The lowest BCUT2D eigenvalue weighted by molar-refractivity contribution is -0.132. The van der Waals surface area contributed by atoms with E-state index in [4.69, 9.17) is 4.74 Å². The molecule has 0 aromatic heterocycles. The second kappa shape index (κ2) is 6.91. The number of likely N-dealkylation sites (tertiary alicyclic amines) is 1. The minimum absolute atomic E-state index is 0.194. The maximum Gasteiger partial charge on any atom is 0.410 e. The summed E-state index contributed by atoms with van der Waals surface area (Å²) in [6.45, 7) is 4.32. The fraction of sp³-hybridized carbons (Fsp3) is 0.600. The monoisotopic (exact) mass is 357 g/mol. The molecule has 0 bridgehead atoms. The summed E-state index contributed by atoms with van der Waals surface area (Å²) < 4.78 is 5.64. The van der Waals surface area contributed by atoms with E-state index in [2.05, 4.69) is 29.2 Å². The smallest absolute Gasteiger partial charge is 0.410 e. The van der Waals surface area contributed by atoms with Crippen LogP contribution >= 0.6 is 0 Å². The zero-order chi connectivity index (χ0) is 18.1. The van der Waals surface area contributed by atoms with Gasteiger partial charge in [0.2, 0.25) is 5.91 Å². The molecule has 3 heterocycles. The summed E-state index contributed by atoms with van der Waals surface area (Å²) in [7, 11) is 1.78. The Hall–Kier alpha value is -2.08. The molecular formula is C20H27N3O3. The van der Waals surface area contributed by atoms with Gasteiger partial charge in [-0.3, -0.25) is 9.69 Å². The molecule has 6 heteroatoms. The van der Waals surface area contributed by atoms with E-state index < -0.39 is 5.60 Å². The van der Waals surface area contributed by atoms with Gasteiger partial charge in [0, 0.05) is 39.6 Å². The maximum atomic E-state index is 12.8. The summed E-state index contributed by atoms with van der Waals surface area (Å²) in [6, 6.07) is 8.49. The van der Waals surface area contributed by atoms with Crippen LogP contribution in [0, 0.1) is 0 Å². The molecule has 2 fully saturated rings. The summed E-state index contributed by atoms with van der Waals surface area (Å²) >= 11 is 0. The highest BCUT2D eigenvalue weighted by Gasteiger charge is 2.44. The van der Waals surface area contributed by atoms with Crippen molar-refractivity contribution < 1.29 is 14.3 Å². The molecule has 0 saturated carbocycles. The molecule has 1 aromatic rings. The Labute approximate surface area is 154 Å². The van der Waals surface area contributed by atoms with Crippen molar-refractivity contribution in [1.82, 2.24) is 14.7 Å². The van der Waals surface area contributed by atoms with E-state index in [1.807, 2.05) is 4.90 Å².